The molecule has 0 bridgehead atoms. The Morgan fingerprint density at radius 2 is 2.04 bits per heavy atom. The van der Waals surface area contributed by atoms with Gasteiger partial charge in [-0.15, -0.1) is 0 Å². The van der Waals surface area contributed by atoms with Gasteiger partial charge >= 0.3 is 6.03 Å². The van der Waals surface area contributed by atoms with E-state index in [1.807, 2.05) is 37.3 Å². The Morgan fingerprint density at radius 3 is 2.65 bits per heavy atom. The molecule has 1 aromatic carbocycles. The summed E-state index contributed by atoms with van der Waals surface area (Å²) in [5.41, 5.74) is 0.773. The summed E-state index contributed by atoms with van der Waals surface area (Å²) < 4.78 is 28.4. The first kappa shape index (κ1) is 17.3. The second-order valence-corrected chi connectivity index (χ2v) is 7.82. The highest BCUT2D eigenvalue weighted by atomic mass is 32.2. The maximum absolute atomic E-state index is 12.3. The van der Waals surface area contributed by atoms with E-state index in [0.717, 1.165) is 11.0 Å². The van der Waals surface area contributed by atoms with Gasteiger partial charge in [-0.25, -0.2) is 13.2 Å². The SMILES string of the molecule is CCN(C(=O)NCc1cc2ccccc2o1)[C@@H](C)CS(C)(=O)=O. The fourth-order valence-corrected chi connectivity index (χ4v) is 3.63. The number of rotatable bonds is 6. The van der Waals surface area contributed by atoms with Crippen LogP contribution < -0.4 is 5.32 Å². The Morgan fingerprint density at radius 1 is 1.35 bits per heavy atom. The lowest BCUT2D eigenvalue weighted by Gasteiger charge is -2.27. The number of carbonyl (C=O) groups excluding carboxylic acids is 1. The van der Waals surface area contributed by atoms with Gasteiger partial charge in [0.1, 0.15) is 21.2 Å². The van der Waals surface area contributed by atoms with Gasteiger partial charge in [0.25, 0.3) is 0 Å². The Labute approximate surface area is 136 Å². The molecule has 1 atom stereocenters. The van der Waals surface area contributed by atoms with Crippen LogP contribution >= 0.6 is 0 Å². The quantitative estimate of drug-likeness (QED) is 0.877. The highest BCUT2D eigenvalue weighted by molar-refractivity contribution is 7.90. The van der Waals surface area contributed by atoms with E-state index in [0.29, 0.717) is 12.3 Å². The Hall–Kier alpha value is -2.02. The van der Waals surface area contributed by atoms with Crippen molar-refractivity contribution in [1.29, 1.82) is 0 Å². The fraction of sp³-hybridized carbons (Fsp3) is 0.438. The molecule has 6 nitrogen and oxygen atoms in total. The highest BCUT2D eigenvalue weighted by Gasteiger charge is 2.22. The van der Waals surface area contributed by atoms with E-state index < -0.39 is 9.84 Å². The minimum atomic E-state index is -3.14. The van der Waals surface area contributed by atoms with E-state index in [4.69, 9.17) is 4.42 Å². The molecule has 0 aliphatic heterocycles. The molecule has 2 aromatic rings. The molecule has 0 saturated carbocycles. The first-order chi connectivity index (χ1) is 10.8. The number of sulfone groups is 1. The summed E-state index contributed by atoms with van der Waals surface area (Å²) in [5, 5.41) is 3.76. The standard InChI is InChI=1S/C16H22N2O4S/c1-4-18(12(2)11-23(3,20)21)16(19)17-10-14-9-13-7-5-6-8-15(13)22-14/h5-9,12H,4,10-11H2,1-3H3,(H,17,19)/t12-/m0/s1. The Kier molecular flexibility index (Phi) is 5.30. The van der Waals surface area contributed by atoms with Gasteiger partial charge in [0.05, 0.1) is 12.3 Å². The number of nitrogens with one attached hydrogen (secondary N) is 1. The molecule has 0 aliphatic carbocycles. The number of furan rings is 1. The minimum Gasteiger partial charge on any atom is -0.459 e. The molecule has 0 unspecified atom stereocenters. The highest BCUT2D eigenvalue weighted by Crippen LogP contribution is 2.18. The lowest BCUT2D eigenvalue weighted by molar-refractivity contribution is 0.186. The van der Waals surface area contributed by atoms with Gasteiger partial charge < -0.3 is 14.6 Å². The molecule has 2 amide bonds. The maximum Gasteiger partial charge on any atom is 0.318 e. The zero-order chi connectivity index (χ0) is 17.0. The summed E-state index contributed by atoms with van der Waals surface area (Å²) in [5.74, 6) is 0.602. The first-order valence-corrected chi connectivity index (χ1v) is 9.56. The summed E-state index contributed by atoms with van der Waals surface area (Å²) in [6, 6.07) is 8.82. The molecule has 7 heteroatoms. The number of benzene rings is 1. The number of urea groups is 1. The van der Waals surface area contributed by atoms with Crippen LogP contribution in [0.25, 0.3) is 11.0 Å². The smallest absolute Gasteiger partial charge is 0.318 e. The van der Waals surface area contributed by atoms with Gasteiger partial charge in [0.15, 0.2) is 0 Å². The molecule has 0 aliphatic rings. The number of hydrogen-bond acceptors (Lipinski definition) is 4. The van der Waals surface area contributed by atoms with Crippen molar-refractivity contribution in [3.8, 4) is 0 Å². The Balaban J connectivity index is 1.99. The molecule has 2 rings (SSSR count). The van der Waals surface area contributed by atoms with Crippen molar-refractivity contribution in [1.82, 2.24) is 10.2 Å². The molecule has 0 saturated heterocycles. The Bertz CT molecular complexity index is 749. The molecule has 1 aromatic heterocycles. The first-order valence-electron chi connectivity index (χ1n) is 7.50. The number of amides is 2. The number of nitrogens with zero attached hydrogens (tertiary/aromatic N) is 1. The van der Waals surface area contributed by atoms with Crippen LogP contribution in [0.1, 0.15) is 19.6 Å². The monoisotopic (exact) mass is 338 g/mol. The molecule has 0 radical (unpaired) electrons. The van der Waals surface area contributed by atoms with Crippen LogP contribution in [0, 0.1) is 0 Å². The zero-order valence-corrected chi connectivity index (χ0v) is 14.4. The summed E-state index contributed by atoms with van der Waals surface area (Å²) >= 11 is 0. The summed E-state index contributed by atoms with van der Waals surface area (Å²) in [7, 11) is -3.14. The fourth-order valence-electron chi connectivity index (χ4n) is 2.57. The van der Waals surface area contributed by atoms with Crippen molar-refractivity contribution < 1.29 is 17.6 Å². The molecule has 1 heterocycles. The summed E-state index contributed by atoms with van der Waals surface area (Å²) in [4.78, 5) is 13.8. The van der Waals surface area contributed by atoms with E-state index in [-0.39, 0.29) is 24.4 Å². The minimum absolute atomic E-state index is 0.0566. The van der Waals surface area contributed by atoms with Crippen molar-refractivity contribution in [3.05, 3.63) is 36.1 Å². The van der Waals surface area contributed by atoms with Crippen molar-refractivity contribution in [2.45, 2.75) is 26.4 Å². The third-order valence-electron chi connectivity index (χ3n) is 3.57. The van der Waals surface area contributed by atoms with E-state index in [1.165, 1.54) is 11.2 Å². The average molecular weight is 338 g/mol. The van der Waals surface area contributed by atoms with Crippen LogP contribution in [0.2, 0.25) is 0 Å². The van der Waals surface area contributed by atoms with Gasteiger partial charge in [-0.05, 0) is 26.0 Å². The molecule has 23 heavy (non-hydrogen) atoms. The predicted molar refractivity (Wildman–Crippen MR) is 90.0 cm³/mol. The lowest BCUT2D eigenvalue weighted by Crippen LogP contribution is -2.47. The van der Waals surface area contributed by atoms with Gasteiger partial charge in [0, 0.05) is 24.2 Å². The number of fused-ring (bicyclic) bond motifs is 1. The zero-order valence-electron chi connectivity index (χ0n) is 13.6. The molecule has 0 spiro atoms. The van der Waals surface area contributed by atoms with Gasteiger partial charge in [-0.3, -0.25) is 0 Å². The van der Waals surface area contributed by atoms with Crippen molar-refractivity contribution in [2.75, 3.05) is 18.6 Å². The van der Waals surface area contributed by atoms with Crippen molar-refractivity contribution in [3.63, 3.8) is 0 Å². The van der Waals surface area contributed by atoms with Crippen LogP contribution in [0.3, 0.4) is 0 Å². The maximum atomic E-state index is 12.3. The molecule has 1 N–H and O–H groups in total. The van der Waals surface area contributed by atoms with Gasteiger partial charge in [-0.2, -0.15) is 0 Å². The van der Waals surface area contributed by atoms with E-state index in [2.05, 4.69) is 5.32 Å². The third kappa shape index (κ3) is 4.72. The summed E-state index contributed by atoms with van der Waals surface area (Å²) in [6.07, 6.45) is 1.17. The van der Waals surface area contributed by atoms with E-state index in [1.54, 1.807) is 6.92 Å². The average Bonchev–Trinajstić information content (AvgIpc) is 2.86. The second-order valence-electron chi connectivity index (χ2n) is 5.64. The molecule has 0 fully saturated rings. The van der Waals surface area contributed by atoms with Crippen LogP contribution in [0.15, 0.2) is 34.7 Å². The summed E-state index contributed by atoms with van der Waals surface area (Å²) in [6.45, 7) is 4.24. The van der Waals surface area contributed by atoms with Crippen LogP contribution in [0.5, 0.6) is 0 Å². The van der Waals surface area contributed by atoms with Crippen LogP contribution in [-0.4, -0.2) is 43.9 Å². The molecule has 126 valence electrons. The van der Waals surface area contributed by atoms with Crippen molar-refractivity contribution in [2.24, 2.45) is 0 Å². The van der Waals surface area contributed by atoms with Gasteiger partial charge in [-0.1, -0.05) is 18.2 Å². The normalized spacial score (nSPS) is 13.0. The number of hydrogen-bond donors (Lipinski definition) is 1. The largest absolute Gasteiger partial charge is 0.459 e. The number of carbonyl (C=O) groups is 1. The topological polar surface area (TPSA) is 79.6 Å². The number of para-hydroxylation sites is 1. The van der Waals surface area contributed by atoms with Gasteiger partial charge in [0.2, 0.25) is 0 Å². The van der Waals surface area contributed by atoms with Crippen molar-refractivity contribution >= 4 is 26.8 Å². The molecular weight excluding hydrogens is 316 g/mol. The second kappa shape index (κ2) is 7.04. The third-order valence-corrected chi connectivity index (χ3v) is 4.66. The van der Waals surface area contributed by atoms with Crippen LogP contribution in [-0.2, 0) is 16.4 Å². The van der Waals surface area contributed by atoms with E-state index in [9.17, 15) is 13.2 Å². The molecular formula is C16H22N2O4S. The van der Waals surface area contributed by atoms with E-state index >= 15 is 0 Å². The predicted octanol–water partition coefficient (Wildman–Crippen LogP) is 2.40. The van der Waals surface area contributed by atoms with Crippen LogP contribution in [0.4, 0.5) is 4.79 Å². The lowest BCUT2D eigenvalue weighted by atomic mass is 10.2.